The molecule has 2 N–H and O–H groups in total. The predicted octanol–water partition coefficient (Wildman–Crippen LogP) is 2.30. The molecule has 0 spiro atoms. The Hall–Kier alpha value is -1.59. The first kappa shape index (κ1) is 15.8. The van der Waals surface area contributed by atoms with Gasteiger partial charge in [-0.3, -0.25) is 4.90 Å². The highest BCUT2D eigenvalue weighted by Gasteiger charge is 2.20. The molecule has 1 aliphatic rings. The SMILES string of the molecule is CCCN1CCN(C(=O)Nc2cccc(C(C)O)c2)CC1. The van der Waals surface area contributed by atoms with Crippen LogP contribution in [0.5, 0.6) is 0 Å². The number of carbonyl (C=O) groups excluding carboxylic acids is 1. The molecular formula is C16H25N3O2. The number of benzene rings is 1. The van der Waals surface area contributed by atoms with Gasteiger partial charge in [-0.25, -0.2) is 4.79 Å². The zero-order valence-corrected chi connectivity index (χ0v) is 12.9. The average molecular weight is 291 g/mol. The maximum atomic E-state index is 12.2. The van der Waals surface area contributed by atoms with Crippen molar-refractivity contribution in [3.8, 4) is 0 Å². The van der Waals surface area contributed by atoms with Crippen LogP contribution in [0.3, 0.4) is 0 Å². The minimum Gasteiger partial charge on any atom is -0.389 e. The van der Waals surface area contributed by atoms with E-state index < -0.39 is 6.10 Å². The fourth-order valence-corrected chi connectivity index (χ4v) is 2.57. The molecule has 1 aromatic carbocycles. The summed E-state index contributed by atoms with van der Waals surface area (Å²) in [6.45, 7) is 8.40. The van der Waals surface area contributed by atoms with Gasteiger partial charge in [-0.1, -0.05) is 19.1 Å². The zero-order chi connectivity index (χ0) is 15.2. The first-order valence-corrected chi connectivity index (χ1v) is 7.66. The van der Waals surface area contributed by atoms with Crippen LogP contribution in [-0.2, 0) is 0 Å². The van der Waals surface area contributed by atoms with Crippen LogP contribution < -0.4 is 5.32 Å². The summed E-state index contributed by atoms with van der Waals surface area (Å²) in [6.07, 6.45) is 0.623. The molecule has 5 nitrogen and oxygen atoms in total. The smallest absolute Gasteiger partial charge is 0.321 e. The monoisotopic (exact) mass is 291 g/mol. The van der Waals surface area contributed by atoms with E-state index in [0.29, 0.717) is 0 Å². The number of aliphatic hydroxyl groups is 1. The Kier molecular flexibility index (Phi) is 5.59. The van der Waals surface area contributed by atoms with Crippen LogP contribution in [0, 0.1) is 0 Å². The van der Waals surface area contributed by atoms with Crippen LogP contribution in [0.1, 0.15) is 31.9 Å². The number of anilines is 1. The molecule has 1 aromatic rings. The molecule has 0 aliphatic carbocycles. The van der Waals surface area contributed by atoms with Crippen molar-refractivity contribution < 1.29 is 9.90 Å². The molecule has 5 heteroatoms. The highest BCUT2D eigenvalue weighted by atomic mass is 16.3. The Morgan fingerprint density at radius 2 is 2.05 bits per heavy atom. The van der Waals surface area contributed by atoms with E-state index in [4.69, 9.17) is 0 Å². The van der Waals surface area contributed by atoms with Crippen molar-refractivity contribution in [2.45, 2.75) is 26.4 Å². The molecular weight excluding hydrogens is 266 g/mol. The van der Waals surface area contributed by atoms with Crippen molar-refractivity contribution in [3.05, 3.63) is 29.8 Å². The molecule has 1 fully saturated rings. The Morgan fingerprint density at radius 1 is 1.33 bits per heavy atom. The third-order valence-corrected chi connectivity index (χ3v) is 3.82. The van der Waals surface area contributed by atoms with Gasteiger partial charge >= 0.3 is 6.03 Å². The lowest BCUT2D eigenvalue weighted by atomic mass is 10.1. The maximum absolute atomic E-state index is 12.2. The van der Waals surface area contributed by atoms with E-state index in [1.165, 1.54) is 0 Å². The van der Waals surface area contributed by atoms with Crippen LogP contribution in [0.2, 0.25) is 0 Å². The number of urea groups is 1. The first-order valence-electron chi connectivity index (χ1n) is 7.66. The van der Waals surface area contributed by atoms with Gasteiger partial charge in [0.25, 0.3) is 0 Å². The second-order valence-corrected chi connectivity index (χ2v) is 5.56. The molecule has 0 aromatic heterocycles. The first-order chi connectivity index (χ1) is 10.1. The molecule has 0 saturated carbocycles. The van der Waals surface area contributed by atoms with E-state index >= 15 is 0 Å². The van der Waals surface area contributed by atoms with Crippen LogP contribution in [0.15, 0.2) is 24.3 Å². The number of nitrogens with zero attached hydrogens (tertiary/aromatic N) is 2. The highest BCUT2D eigenvalue weighted by molar-refractivity contribution is 5.89. The van der Waals surface area contributed by atoms with Crippen LogP contribution >= 0.6 is 0 Å². The fourth-order valence-electron chi connectivity index (χ4n) is 2.57. The summed E-state index contributed by atoms with van der Waals surface area (Å²) < 4.78 is 0. The third-order valence-electron chi connectivity index (χ3n) is 3.82. The van der Waals surface area contributed by atoms with E-state index in [1.54, 1.807) is 6.92 Å². The van der Waals surface area contributed by atoms with Gasteiger partial charge in [0, 0.05) is 31.9 Å². The molecule has 0 radical (unpaired) electrons. The Bertz CT molecular complexity index is 468. The van der Waals surface area contributed by atoms with Crippen molar-refractivity contribution >= 4 is 11.7 Å². The fraction of sp³-hybridized carbons (Fsp3) is 0.562. The van der Waals surface area contributed by atoms with Gasteiger partial charge < -0.3 is 15.3 Å². The van der Waals surface area contributed by atoms with Crippen molar-refractivity contribution in [1.82, 2.24) is 9.80 Å². The Balaban J connectivity index is 1.89. The van der Waals surface area contributed by atoms with Crippen molar-refractivity contribution in [2.75, 3.05) is 38.0 Å². The van der Waals surface area contributed by atoms with Crippen molar-refractivity contribution in [3.63, 3.8) is 0 Å². The third kappa shape index (κ3) is 4.44. The quantitative estimate of drug-likeness (QED) is 0.895. The lowest BCUT2D eigenvalue weighted by molar-refractivity contribution is 0.147. The van der Waals surface area contributed by atoms with Gasteiger partial charge in [0.15, 0.2) is 0 Å². The van der Waals surface area contributed by atoms with Crippen molar-refractivity contribution in [1.29, 1.82) is 0 Å². The number of aliphatic hydroxyl groups excluding tert-OH is 1. The molecule has 21 heavy (non-hydrogen) atoms. The number of hydrogen-bond acceptors (Lipinski definition) is 3. The summed E-state index contributed by atoms with van der Waals surface area (Å²) in [7, 11) is 0. The van der Waals surface area contributed by atoms with Gasteiger partial charge in [-0.2, -0.15) is 0 Å². The molecule has 1 aliphatic heterocycles. The molecule has 2 rings (SSSR count). The second kappa shape index (κ2) is 7.43. The number of nitrogens with one attached hydrogen (secondary N) is 1. The predicted molar refractivity (Wildman–Crippen MR) is 84.4 cm³/mol. The number of hydrogen-bond donors (Lipinski definition) is 2. The van der Waals surface area contributed by atoms with Gasteiger partial charge in [0.2, 0.25) is 0 Å². The van der Waals surface area contributed by atoms with Crippen LogP contribution in [0.25, 0.3) is 0 Å². The molecule has 116 valence electrons. The number of amides is 2. The van der Waals surface area contributed by atoms with Gasteiger partial charge in [-0.15, -0.1) is 0 Å². The average Bonchev–Trinajstić information content (AvgIpc) is 2.48. The van der Waals surface area contributed by atoms with Crippen LogP contribution in [0.4, 0.5) is 10.5 Å². The van der Waals surface area contributed by atoms with E-state index in [2.05, 4.69) is 17.1 Å². The number of carbonyl (C=O) groups is 1. The molecule has 1 atom stereocenters. The Labute approximate surface area is 126 Å². The lowest BCUT2D eigenvalue weighted by Gasteiger charge is -2.34. The van der Waals surface area contributed by atoms with E-state index in [1.807, 2.05) is 29.2 Å². The summed E-state index contributed by atoms with van der Waals surface area (Å²) in [5.74, 6) is 0. The highest BCUT2D eigenvalue weighted by Crippen LogP contribution is 2.17. The summed E-state index contributed by atoms with van der Waals surface area (Å²) in [6, 6.07) is 7.29. The molecule has 1 heterocycles. The van der Waals surface area contributed by atoms with Gasteiger partial charge in [-0.05, 0) is 37.6 Å². The largest absolute Gasteiger partial charge is 0.389 e. The topological polar surface area (TPSA) is 55.8 Å². The van der Waals surface area contributed by atoms with Crippen LogP contribution in [-0.4, -0.2) is 53.7 Å². The van der Waals surface area contributed by atoms with Gasteiger partial charge in [0.05, 0.1) is 6.10 Å². The number of rotatable bonds is 4. The molecule has 1 unspecified atom stereocenters. The second-order valence-electron chi connectivity index (χ2n) is 5.56. The summed E-state index contributed by atoms with van der Waals surface area (Å²) >= 11 is 0. The van der Waals surface area contributed by atoms with E-state index in [9.17, 15) is 9.90 Å². The molecule has 1 saturated heterocycles. The maximum Gasteiger partial charge on any atom is 0.321 e. The van der Waals surface area contributed by atoms with E-state index in [0.717, 1.165) is 50.4 Å². The minimum absolute atomic E-state index is 0.0612. The zero-order valence-electron chi connectivity index (χ0n) is 12.9. The Morgan fingerprint density at radius 3 is 2.67 bits per heavy atom. The van der Waals surface area contributed by atoms with Crippen molar-refractivity contribution in [2.24, 2.45) is 0 Å². The summed E-state index contributed by atoms with van der Waals surface area (Å²) in [5.41, 5.74) is 1.54. The normalized spacial score (nSPS) is 17.6. The summed E-state index contributed by atoms with van der Waals surface area (Å²) in [5, 5.41) is 12.5. The number of piperazine rings is 1. The van der Waals surface area contributed by atoms with Gasteiger partial charge in [0.1, 0.15) is 0 Å². The molecule has 0 bridgehead atoms. The molecule has 2 amide bonds. The standard InChI is InChI=1S/C16H25N3O2/c1-3-7-18-8-10-19(11-9-18)16(21)17-15-6-4-5-14(12-15)13(2)20/h4-6,12-13,20H,3,7-11H2,1-2H3,(H,17,21). The summed E-state index contributed by atoms with van der Waals surface area (Å²) in [4.78, 5) is 16.5. The lowest BCUT2D eigenvalue weighted by Crippen LogP contribution is -2.50. The van der Waals surface area contributed by atoms with E-state index in [-0.39, 0.29) is 6.03 Å². The minimum atomic E-state index is -0.528.